The van der Waals surface area contributed by atoms with Crippen molar-refractivity contribution in [2.45, 2.75) is 0 Å². The minimum Gasteiger partial charge on any atom is -0.350 e. The zero-order valence-corrected chi connectivity index (χ0v) is 4.76. The van der Waals surface area contributed by atoms with Crippen LogP contribution in [0.4, 0.5) is 11.6 Å². The molecule has 0 amide bonds. The molecule has 0 bridgehead atoms. The first-order valence-corrected chi connectivity index (χ1v) is 2.75. The van der Waals surface area contributed by atoms with E-state index in [0.717, 1.165) is 18.3 Å². The molecule has 1 aromatic rings. The molecule has 46 valence electrons. The van der Waals surface area contributed by atoms with Gasteiger partial charge in [-0.05, 0) is 0 Å². The molecule has 0 saturated heterocycles. The van der Waals surface area contributed by atoms with E-state index in [-0.39, 0.29) is 0 Å². The molecule has 2 rings (SSSR count). The highest BCUT2D eigenvalue weighted by Crippen LogP contribution is 2.17. The third-order valence-electron chi connectivity index (χ3n) is 1.21. The molecule has 9 heavy (non-hydrogen) atoms. The van der Waals surface area contributed by atoms with E-state index in [2.05, 4.69) is 20.6 Å². The lowest BCUT2D eigenvalue weighted by Crippen LogP contribution is -1.99. The Morgan fingerprint density at radius 3 is 2.22 bits per heavy atom. The topological polar surface area (TPSA) is 49.8 Å². The lowest BCUT2D eigenvalue weighted by atomic mass is 10.6. The second-order valence-corrected chi connectivity index (χ2v) is 1.78. The molecule has 0 fully saturated rings. The van der Waals surface area contributed by atoms with Gasteiger partial charge >= 0.3 is 0 Å². The number of nitrogens with zero attached hydrogens (tertiary/aromatic N) is 2. The van der Waals surface area contributed by atoms with Crippen molar-refractivity contribution >= 4 is 11.6 Å². The van der Waals surface area contributed by atoms with Crippen LogP contribution < -0.4 is 10.6 Å². The predicted octanol–water partition coefficient (Wildman–Crippen LogP) is 0.271. The minimum atomic E-state index is 0.735. The zero-order chi connectivity index (χ0) is 6.10. The number of rotatable bonds is 0. The summed E-state index contributed by atoms with van der Waals surface area (Å²) in [5.74, 6) is 1.69. The summed E-state index contributed by atoms with van der Waals surface area (Å²) in [7, 11) is 0. The molecule has 1 aliphatic heterocycles. The number of aromatic nitrogens is 2. The lowest BCUT2D eigenvalue weighted by Gasteiger charge is -1.90. The average Bonchev–Trinajstić information content (AvgIpc) is 2.33. The smallest absolute Gasteiger partial charge is 0.170 e. The molecule has 2 heterocycles. The van der Waals surface area contributed by atoms with Crippen LogP contribution in [0.5, 0.6) is 0 Å². The first-order chi connectivity index (χ1) is 4.47. The van der Waals surface area contributed by atoms with Gasteiger partial charge in [-0.15, -0.1) is 0 Å². The van der Waals surface area contributed by atoms with E-state index >= 15 is 0 Å². The van der Waals surface area contributed by atoms with Crippen molar-refractivity contribution in [1.82, 2.24) is 9.97 Å². The number of nitrogens with one attached hydrogen (secondary N) is 2. The molecule has 1 aromatic heterocycles. The Kier molecular flexibility index (Phi) is 0.798. The summed E-state index contributed by atoms with van der Waals surface area (Å²) in [5, 5.41) is 6.03. The van der Waals surface area contributed by atoms with E-state index < -0.39 is 0 Å². The summed E-state index contributed by atoms with van der Waals surface area (Å²) in [5.41, 5.74) is 0. The van der Waals surface area contributed by atoms with E-state index in [1.54, 1.807) is 12.4 Å². The molecule has 0 atom stereocenters. The molecule has 0 unspecified atom stereocenters. The fourth-order valence-electron chi connectivity index (χ4n) is 0.808. The quantitative estimate of drug-likeness (QED) is 0.518. The minimum absolute atomic E-state index is 0.735. The van der Waals surface area contributed by atoms with Gasteiger partial charge in [0.15, 0.2) is 11.6 Å². The van der Waals surface area contributed by atoms with Crippen molar-refractivity contribution in [3.05, 3.63) is 12.4 Å². The van der Waals surface area contributed by atoms with Crippen LogP contribution in [-0.4, -0.2) is 16.6 Å². The third-order valence-corrected chi connectivity index (χ3v) is 1.21. The zero-order valence-electron chi connectivity index (χ0n) is 4.76. The molecule has 0 aromatic carbocycles. The van der Waals surface area contributed by atoms with E-state index in [1.165, 1.54) is 0 Å². The largest absolute Gasteiger partial charge is 0.350 e. The molecule has 1 aliphatic rings. The summed E-state index contributed by atoms with van der Waals surface area (Å²) in [4.78, 5) is 8.05. The molecule has 0 saturated carbocycles. The Morgan fingerprint density at radius 2 is 1.67 bits per heavy atom. The van der Waals surface area contributed by atoms with Crippen LogP contribution in [0.25, 0.3) is 0 Å². The first-order valence-electron chi connectivity index (χ1n) is 2.75. The summed E-state index contributed by atoms with van der Waals surface area (Å²) in [6, 6.07) is 0. The lowest BCUT2D eigenvalue weighted by molar-refractivity contribution is 1.23. The van der Waals surface area contributed by atoms with Crippen molar-refractivity contribution in [1.29, 1.82) is 0 Å². The summed E-state index contributed by atoms with van der Waals surface area (Å²) in [6.07, 6.45) is 3.33. The summed E-state index contributed by atoms with van der Waals surface area (Å²) >= 11 is 0. The van der Waals surface area contributed by atoms with Gasteiger partial charge in [0.05, 0.1) is 6.67 Å². The highest BCUT2D eigenvalue weighted by Gasteiger charge is 2.08. The standard InChI is InChI=1S/C5H6N4/c1-2-7-5-4(6-1)8-3-9-5/h1-2H,3H2,(H,6,8)(H,7,9). The molecule has 4 nitrogen and oxygen atoms in total. The summed E-state index contributed by atoms with van der Waals surface area (Å²) in [6.45, 7) is 0.735. The van der Waals surface area contributed by atoms with Crippen molar-refractivity contribution in [3.8, 4) is 0 Å². The highest BCUT2D eigenvalue weighted by atomic mass is 15.2. The highest BCUT2D eigenvalue weighted by molar-refractivity contribution is 5.63. The van der Waals surface area contributed by atoms with Crippen LogP contribution in [0, 0.1) is 0 Å². The Bertz CT molecular complexity index is 199. The predicted molar refractivity (Wildman–Crippen MR) is 34.1 cm³/mol. The molecule has 0 spiro atoms. The maximum absolute atomic E-state index is 4.02. The Morgan fingerprint density at radius 1 is 1.11 bits per heavy atom. The van der Waals surface area contributed by atoms with E-state index in [4.69, 9.17) is 0 Å². The fraction of sp³-hybridized carbons (Fsp3) is 0.200. The van der Waals surface area contributed by atoms with Crippen LogP contribution in [0.1, 0.15) is 0 Å². The average molecular weight is 122 g/mol. The fourth-order valence-corrected chi connectivity index (χ4v) is 0.808. The molecular weight excluding hydrogens is 116 g/mol. The van der Waals surface area contributed by atoms with Gasteiger partial charge in [-0.2, -0.15) is 0 Å². The monoisotopic (exact) mass is 122 g/mol. The van der Waals surface area contributed by atoms with Crippen LogP contribution in [-0.2, 0) is 0 Å². The first kappa shape index (κ1) is 4.55. The van der Waals surface area contributed by atoms with Crippen LogP contribution >= 0.6 is 0 Å². The second kappa shape index (κ2) is 1.58. The number of anilines is 2. The Hall–Kier alpha value is -1.32. The van der Waals surface area contributed by atoms with Crippen molar-refractivity contribution < 1.29 is 0 Å². The van der Waals surface area contributed by atoms with Crippen LogP contribution in [0.15, 0.2) is 12.4 Å². The van der Waals surface area contributed by atoms with Gasteiger partial charge in [0.2, 0.25) is 0 Å². The van der Waals surface area contributed by atoms with Gasteiger partial charge in [0.25, 0.3) is 0 Å². The van der Waals surface area contributed by atoms with Gasteiger partial charge in [-0.3, -0.25) is 0 Å². The maximum atomic E-state index is 4.02. The van der Waals surface area contributed by atoms with Crippen molar-refractivity contribution in [3.63, 3.8) is 0 Å². The Balaban J connectivity index is 2.54. The van der Waals surface area contributed by atoms with Gasteiger partial charge in [-0.25, -0.2) is 9.97 Å². The van der Waals surface area contributed by atoms with Gasteiger partial charge in [0.1, 0.15) is 0 Å². The SMILES string of the molecule is c1cnc2c(n1)NCN2. The Labute approximate surface area is 52.3 Å². The molecule has 2 N–H and O–H groups in total. The van der Waals surface area contributed by atoms with E-state index in [9.17, 15) is 0 Å². The second-order valence-electron chi connectivity index (χ2n) is 1.78. The van der Waals surface area contributed by atoms with Gasteiger partial charge in [-0.1, -0.05) is 0 Å². The van der Waals surface area contributed by atoms with Crippen LogP contribution in [0.2, 0.25) is 0 Å². The number of hydrogen-bond acceptors (Lipinski definition) is 4. The number of fused-ring (bicyclic) bond motifs is 1. The number of hydrogen-bond donors (Lipinski definition) is 2. The molecule has 0 radical (unpaired) electrons. The van der Waals surface area contributed by atoms with Crippen molar-refractivity contribution in [2.75, 3.05) is 17.3 Å². The molecule has 0 aliphatic carbocycles. The third kappa shape index (κ3) is 0.595. The van der Waals surface area contributed by atoms with Gasteiger partial charge in [0, 0.05) is 12.4 Å². The van der Waals surface area contributed by atoms with E-state index in [1.807, 2.05) is 0 Å². The van der Waals surface area contributed by atoms with E-state index in [0.29, 0.717) is 0 Å². The molecule has 4 heteroatoms. The van der Waals surface area contributed by atoms with Crippen molar-refractivity contribution in [2.24, 2.45) is 0 Å². The normalized spacial score (nSPS) is 13.8. The van der Waals surface area contributed by atoms with Crippen LogP contribution in [0.3, 0.4) is 0 Å². The maximum Gasteiger partial charge on any atom is 0.170 e. The van der Waals surface area contributed by atoms with Gasteiger partial charge < -0.3 is 10.6 Å². The summed E-state index contributed by atoms with van der Waals surface area (Å²) < 4.78 is 0. The molecular formula is C5H6N4.